The second kappa shape index (κ2) is 25.1. The van der Waals surface area contributed by atoms with Gasteiger partial charge >= 0.3 is 5.97 Å². The van der Waals surface area contributed by atoms with Crippen LogP contribution in [0.4, 0.5) is 0 Å². The average Bonchev–Trinajstić information content (AvgIpc) is 2.80. The summed E-state index contributed by atoms with van der Waals surface area (Å²) in [6, 6.07) is 0. The fourth-order valence-corrected chi connectivity index (χ4v) is 4.41. The van der Waals surface area contributed by atoms with Crippen LogP contribution in [0, 0.1) is 11.8 Å². The van der Waals surface area contributed by atoms with Crippen molar-refractivity contribution >= 4 is 5.97 Å². The Hall–Kier alpha value is -0.530. The monoisotopic (exact) mass is 452 g/mol. The van der Waals surface area contributed by atoms with Gasteiger partial charge in [0.15, 0.2) is 0 Å². The molecular formula is C30H60O2. The highest BCUT2D eigenvalue weighted by Crippen LogP contribution is 2.17. The summed E-state index contributed by atoms with van der Waals surface area (Å²) in [5.41, 5.74) is 0. The van der Waals surface area contributed by atoms with E-state index in [4.69, 9.17) is 4.74 Å². The van der Waals surface area contributed by atoms with E-state index in [0.29, 0.717) is 6.61 Å². The van der Waals surface area contributed by atoms with Gasteiger partial charge in [-0.1, -0.05) is 156 Å². The molecule has 0 aromatic carbocycles. The molecule has 0 aliphatic rings. The molecule has 0 saturated heterocycles. The average molecular weight is 453 g/mol. The van der Waals surface area contributed by atoms with Gasteiger partial charge in [0.05, 0.1) is 12.5 Å². The SMILES string of the molecule is CCCCCCCCCCCCCCCCCCOC(=O)C(C)CCCCCC(C)CC. The van der Waals surface area contributed by atoms with E-state index in [0.717, 1.165) is 25.2 Å². The van der Waals surface area contributed by atoms with Gasteiger partial charge in [0, 0.05) is 0 Å². The Morgan fingerprint density at radius 2 is 0.969 bits per heavy atom. The van der Waals surface area contributed by atoms with Crippen LogP contribution in [0.1, 0.15) is 169 Å². The van der Waals surface area contributed by atoms with Gasteiger partial charge in [0.1, 0.15) is 0 Å². The van der Waals surface area contributed by atoms with Crippen molar-refractivity contribution in [3.63, 3.8) is 0 Å². The molecule has 0 radical (unpaired) electrons. The summed E-state index contributed by atoms with van der Waals surface area (Å²) in [7, 11) is 0. The first kappa shape index (κ1) is 31.5. The van der Waals surface area contributed by atoms with Gasteiger partial charge in [-0.25, -0.2) is 0 Å². The summed E-state index contributed by atoms with van der Waals surface area (Å²) in [5.74, 6) is 0.935. The number of rotatable bonds is 25. The second-order valence-corrected chi connectivity index (χ2v) is 10.5. The summed E-state index contributed by atoms with van der Waals surface area (Å²) in [4.78, 5) is 12.1. The van der Waals surface area contributed by atoms with Gasteiger partial charge in [-0.2, -0.15) is 0 Å². The minimum atomic E-state index is 0.0212. The Morgan fingerprint density at radius 1 is 0.562 bits per heavy atom. The maximum atomic E-state index is 12.1. The normalized spacial score (nSPS) is 13.2. The first-order valence-electron chi connectivity index (χ1n) is 14.8. The van der Waals surface area contributed by atoms with E-state index >= 15 is 0 Å². The van der Waals surface area contributed by atoms with E-state index in [1.54, 1.807) is 0 Å². The topological polar surface area (TPSA) is 26.3 Å². The van der Waals surface area contributed by atoms with Crippen molar-refractivity contribution in [2.24, 2.45) is 11.8 Å². The van der Waals surface area contributed by atoms with Crippen molar-refractivity contribution in [1.29, 1.82) is 0 Å². The lowest BCUT2D eigenvalue weighted by molar-refractivity contribution is -0.148. The van der Waals surface area contributed by atoms with E-state index < -0.39 is 0 Å². The third-order valence-electron chi connectivity index (χ3n) is 7.18. The van der Waals surface area contributed by atoms with Crippen molar-refractivity contribution < 1.29 is 9.53 Å². The fraction of sp³-hybridized carbons (Fsp3) is 0.967. The summed E-state index contributed by atoms with van der Waals surface area (Å²) in [6.07, 6.45) is 29.3. The van der Waals surface area contributed by atoms with Crippen LogP contribution in [0.15, 0.2) is 0 Å². The van der Waals surface area contributed by atoms with Crippen LogP contribution in [0.5, 0.6) is 0 Å². The van der Waals surface area contributed by atoms with Crippen molar-refractivity contribution in [2.45, 2.75) is 169 Å². The molecule has 0 rings (SSSR count). The van der Waals surface area contributed by atoms with Gasteiger partial charge < -0.3 is 4.74 Å². The van der Waals surface area contributed by atoms with Crippen molar-refractivity contribution in [3.8, 4) is 0 Å². The van der Waals surface area contributed by atoms with E-state index in [-0.39, 0.29) is 11.9 Å². The zero-order valence-corrected chi connectivity index (χ0v) is 22.7. The van der Waals surface area contributed by atoms with Crippen LogP contribution in [-0.2, 0) is 9.53 Å². The Balaban J connectivity index is 3.28. The molecule has 0 spiro atoms. The predicted octanol–water partition coefficient (Wildman–Crippen LogP) is 10.4. The highest BCUT2D eigenvalue weighted by Gasteiger charge is 2.13. The van der Waals surface area contributed by atoms with Crippen LogP contribution in [-0.4, -0.2) is 12.6 Å². The van der Waals surface area contributed by atoms with Gasteiger partial charge in [-0.3, -0.25) is 4.79 Å². The molecule has 0 fully saturated rings. The Morgan fingerprint density at radius 3 is 1.44 bits per heavy atom. The van der Waals surface area contributed by atoms with Crippen molar-refractivity contribution in [1.82, 2.24) is 0 Å². The lowest BCUT2D eigenvalue weighted by atomic mass is 9.98. The van der Waals surface area contributed by atoms with E-state index in [9.17, 15) is 4.79 Å². The highest BCUT2D eigenvalue weighted by molar-refractivity contribution is 5.71. The second-order valence-electron chi connectivity index (χ2n) is 10.5. The van der Waals surface area contributed by atoms with E-state index in [2.05, 4.69) is 20.8 Å². The lowest BCUT2D eigenvalue weighted by Crippen LogP contribution is -2.15. The molecule has 0 heterocycles. The molecule has 2 unspecified atom stereocenters. The van der Waals surface area contributed by atoms with E-state index in [1.807, 2.05) is 6.92 Å². The fourth-order valence-electron chi connectivity index (χ4n) is 4.41. The summed E-state index contributed by atoms with van der Waals surface area (Å²) in [5, 5.41) is 0. The van der Waals surface area contributed by atoms with Gasteiger partial charge in [0.2, 0.25) is 0 Å². The third kappa shape index (κ3) is 22.7. The lowest BCUT2D eigenvalue weighted by Gasteiger charge is -2.12. The predicted molar refractivity (Wildman–Crippen MR) is 142 cm³/mol. The van der Waals surface area contributed by atoms with E-state index in [1.165, 1.54) is 122 Å². The number of carbonyl (C=O) groups excluding carboxylic acids is 1. The van der Waals surface area contributed by atoms with Crippen LogP contribution in [0.3, 0.4) is 0 Å². The number of hydrogen-bond acceptors (Lipinski definition) is 2. The molecular weight excluding hydrogens is 392 g/mol. The zero-order valence-electron chi connectivity index (χ0n) is 22.7. The van der Waals surface area contributed by atoms with Crippen molar-refractivity contribution in [2.75, 3.05) is 6.61 Å². The number of hydrogen-bond donors (Lipinski definition) is 0. The number of esters is 1. The molecule has 2 heteroatoms. The summed E-state index contributed by atoms with van der Waals surface area (Å²) >= 11 is 0. The minimum absolute atomic E-state index is 0.0212. The Bertz CT molecular complexity index is 379. The van der Waals surface area contributed by atoms with Crippen LogP contribution < -0.4 is 0 Å². The third-order valence-corrected chi connectivity index (χ3v) is 7.18. The van der Waals surface area contributed by atoms with Crippen LogP contribution in [0.2, 0.25) is 0 Å². The first-order valence-corrected chi connectivity index (χ1v) is 14.8. The maximum Gasteiger partial charge on any atom is 0.308 e. The molecule has 0 N–H and O–H groups in total. The molecule has 0 amide bonds. The Labute approximate surface area is 203 Å². The quantitative estimate of drug-likeness (QED) is 0.102. The van der Waals surface area contributed by atoms with Crippen molar-refractivity contribution in [3.05, 3.63) is 0 Å². The van der Waals surface area contributed by atoms with Crippen LogP contribution >= 0.6 is 0 Å². The smallest absolute Gasteiger partial charge is 0.308 e. The molecule has 0 aromatic heterocycles. The molecule has 0 aliphatic carbocycles. The first-order chi connectivity index (χ1) is 15.6. The Kier molecular flexibility index (Phi) is 24.7. The maximum absolute atomic E-state index is 12.1. The zero-order chi connectivity index (χ0) is 23.7. The molecule has 0 saturated carbocycles. The number of ether oxygens (including phenoxy) is 1. The molecule has 0 aromatic rings. The molecule has 32 heavy (non-hydrogen) atoms. The summed E-state index contributed by atoms with van der Waals surface area (Å²) in [6.45, 7) is 9.54. The van der Waals surface area contributed by atoms with Gasteiger partial charge in [0.25, 0.3) is 0 Å². The minimum Gasteiger partial charge on any atom is -0.465 e. The van der Waals surface area contributed by atoms with Gasteiger partial charge in [-0.05, 0) is 18.8 Å². The molecule has 2 atom stereocenters. The molecule has 2 nitrogen and oxygen atoms in total. The highest BCUT2D eigenvalue weighted by atomic mass is 16.5. The number of carbonyl (C=O) groups is 1. The van der Waals surface area contributed by atoms with Crippen LogP contribution in [0.25, 0.3) is 0 Å². The number of unbranched alkanes of at least 4 members (excludes halogenated alkanes) is 17. The molecule has 0 aliphatic heterocycles. The summed E-state index contributed by atoms with van der Waals surface area (Å²) < 4.78 is 5.50. The molecule has 192 valence electrons. The standard InChI is InChI=1S/C30H60O2/c1-5-7-8-9-10-11-12-13-14-15-16-17-18-19-20-24-27-32-30(31)29(4)26-23-21-22-25-28(3)6-2/h28-29H,5-27H2,1-4H3. The molecule has 0 bridgehead atoms. The van der Waals surface area contributed by atoms with Gasteiger partial charge in [-0.15, -0.1) is 0 Å². The largest absolute Gasteiger partial charge is 0.465 e.